The predicted molar refractivity (Wildman–Crippen MR) is 113 cm³/mol. The number of rotatable bonds is 5. The van der Waals surface area contributed by atoms with Gasteiger partial charge in [0, 0.05) is 37.9 Å². The van der Waals surface area contributed by atoms with Crippen LogP contribution >= 0.6 is 0 Å². The molecule has 0 spiro atoms. The number of carbonyl (C=O) groups is 3. The number of H-pyrrole nitrogens is 1. The molecule has 2 aliphatic rings. The van der Waals surface area contributed by atoms with Crippen molar-refractivity contribution in [3.63, 3.8) is 0 Å². The SMILES string of the molecule is O=C1CCCC(=O)N1CCC(=O)N1CCCC[C@@H]1c1[nH]ncc1-c1ccc(C(F)(F)F)cc1. The van der Waals surface area contributed by atoms with Crippen LogP contribution in [0.25, 0.3) is 11.1 Å². The largest absolute Gasteiger partial charge is 0.416 e. The van der Waals surface area contributed by atoms with Crippen molar-refractivity contribution in [1.29, 1.82) is 0 Å². The van der Waals surface area contributed by atoms with E-state index in [2.05, 4.69) is 10.2 Å². The quantitative estimate of drug-likeness (QED) is 0.679. The zero-order valence-electron chi connectivity index (χ0n) is 18.0. The molecule has 1 N–H and O–H groups in total. The first kappa shape index (κ1) is 23.0. The van der Waals surface area contributed by atoms with Crippen molar-refractivity contribution in [3.8, 4) is 11.1 Å². The number of alkyl halides is 3. The molecule has 0 saturated carbocycles. The second kappa shape index (κ2) is 9.36. The first-order valence-electron chi connectivity index (χ1n) is 11.1. The molecule has 0 radical (unpaired) electrons. The van der Waals surface area contributed by atoms with Gasteiger partial charge in [0.1, 0.15) is 0 Å². The van der Waals surface area contributed by atoms with Gasteiger partial charge in [-0.1, -0.05) is 12.1 Å². The molecule has 33 heavy (non-hydrogen) atoms. The minimum absolute atomic E-state index is 0.0394. The summed E-state index contributed by atoms with van der Waals surface area (Å²) in [5.41, 5.74) is 1.17. The summed E-state index contributed by atoms with van der Waals surface area (Å²) in [5.74, 6) is -0.654. The van der Waals surface area contributed by atoms with E-state index in [1.807, 2.05) is 0 Å². The number of hydrogen-bond donors (Lipinski definition) is 1. The number of likely N-dealkylation sites (tertiary alicyclic amines) is 2. The van der Waals surface area contributed by atoms with Crippen LogP contribution in [-0.4, -0.2) is 50.8 Å². The molecule has 1 atom stereocenters. The third kappa shape index (κ3) is 4.94. The summed E-state index contributed by atoms with van der Waals surface area (Å²) in [5, 5.41) is 7.03. The molecule has 10 heteroatoms. The van der Waals surface area contributed by atoms with Crippen LogP contribution < -0.4 is 0 Å². The van der Waals surface area contributed by atoms with E-state index in [4.69, 9.17) is 0 Å². The summed E-state index contributed by atoms with van der Waals surface area (Å²) >= 11 is 0. The number of halogens is 3. The number of piperidine rings is 2. The molecule has 3 amide bonds. The Labute approximate surface area is 188 Å². The van der Waals surface area contributed by atoms with E-state index in [0.717, 1.165) is 25.0 Å². The topological polar surface area (TPSA) is 86.4 Å². The number of nitrogens with one attached hydrogen (secondary N) is 1. The average molecular weight is 462 g/mol. The molecule has 176 valence electrons. The number of aromatic nitrogens is 2. The molecule has 3 heterocycles. The molecule has 1 aromatic heterocycles. The first-order chi connectivity index (χ1) is 15.8. The van der Waals surface area contributed by atoms with Crippen molar-refractivity contribution in [2.45, 2.75) is 57.2 Å². The molecule has 1 aromatic carbocycles. The summed E-state index contributed by atoms with van der Waals surface area (Å²) in [6, 6.07) is 4.56. The minimum atomic E-state index is -4.42. The monoisotopic (exact) mass is 462 g/mol. The number of carbonyl (C=O) groups excluding carboxylic acids is 3. The fraction of sp³-hybridized carbons (Fsp3) is 0.478. The zero-order chi connectivity index (χ0) is 23.6. The van der Waals surface area contributed by atoms with Crippen LogP contribution in [0.4, 0.5) is 13.2 Å². The van der Waals surface area contributed by atoms with Crippen LogP contribution in [0.1, 0.15) is 62.2 Å². The van der Waals surface area contributed by atoms with Gasteiger partial charge in [-0.15, -0.1) is 0 Å². The lowest BCUT2D eigenvalue weighted by Crippen LogP contribution is -2.44. The third-order valence-electron chi connectivity index (χ3n) is 6.28. The fourth-order valence-corrected chi connectivity index (χ4v) is 4.55. The molecular weight excluding hydrogens is 437 g/mol. The minimum Gasteiger partial charge on any atom is -0.334 e. The zero-order valence-corrected chi connectivity index (χ0v) is 18.0. The molecule has 0 aliphatic carbocycles. The molecular formula is C23H25F3N4O3. The van der Waals surface area contributed by atoms with E-state index in [1.54, 1.807) is 11.1 Å². The highest BCUT2D eigenvalue weighted by molar-refractivity contribution is 5.97. The first-order valence-corrected chi connectivity index (χ1v) is 11.1. The summed E-state index contributed by atoms with van der Waals surface area (Å²) in [4.78, 5) is 40.0. The van der Waals surface area contributed by atoms with Crippen LogP contribution in [0.3, 0.4) is 0 Å². The highest BCUT2D eigenvalue weighted by atomic mass is 19.4. The van der Waals surface area contributed by atoms with Crippen LogP contribution in [0.5, 0.6) is 0 Å². The number of amides is 3. The second-order valence-corrected chi connectivity index (χ2v) is 8.41. The number of aromatic amines is 1. The molecule has 2 saturated heterocycles. The average Bonchev–Trinajstić information content (AvgIpc) is 3.28. The molecule has 7 nitrogen and oxygen atoms in total. The van der Waals surface area contributed by atoms with Gasteiger partial charge in [-0.05, 0) is 43.4 Å². The highest BCUT2D eigenvalue weighted by Crippen LogP contribution is 2.37. The smallest absolute Gasteiger partial charge is 0.334 e. The molecule has 0 bridgehead atoms. The third-order valence-corrected chi connectivity index (χ3v) is 6.28. The summed E-state index contributed by atoms with van der Waals surface area (Å²) < 4.78 is 38.8. The number of benzene rings is 1. The van der Waals surface area contributed by atoms with Gasteiger partial charge in [-0.3, -0.25) is 24.4 Å². The van der Waals surface area contributed by atoms with E-state index in [9.17, 15) is 27.6 Å². The maximum absolute atomic E-state index is 13.1. The normalized spacial score (nSPS) is 19.8. The Morgan fingerprint density at radius 3 is 2.42 bits per heavy atom. The van der Waals surface area contributed by atoms with Crippen molar-refractivity contribution in [3.05, 3.63) is 41.7 Å². The van der Waals surface area contributed by atoms with Crippen LogP contribution in [0, 0.1) is 0 Å². The lowest BCUT2D eigenvalue weighted by Gasteiger charge is -2.36. The van der Waals surface area contributed by atoms with Crippen LogP contribution in [0.15, 0.2) is 30.5 Å². The number of hydrogen-bond acceptors (Lipinski definition) is 4. The van der Waals surface area contributed by atoms with Gasteiger partial charge >= 0.3 is 6.18 Å². The molecule has 4 rings (SSSR count). The number of nitrogens with zero attached hydrogens (tertiary/aromatic N) is 3. The van der Waals surface area contributed by atoms with Gasteiger partial charge in [0.2, 0.25) is 17.7 Å². The lowest BCUT2D eigenvalue weighted by atomic mass is 9.94. The van der Waals surface area contributed by atoms with Gasteiger partial charge in [0.15, 0.2) is 0 Å². The van der Waals surface area contributed by atoms with E-state index < -0.39 is 11.7 Å². The lowest BCUT2D eigenvalue weighted by molar-refractivity contribution is -0.148. The Bertz CT molecular complexity index is 1020. The summed E-state index contributed by atoms with van der Waals surface area (Å²) in [6.45, 7) is 0.589. The van der Waals surface area contributed by atoms with Gasteiger partial charge in [0.25, 0.3) is 0 Å². The Morgan fingerprint density at radius 1 is 1.06 bits per heavy atom. The van der Waals surface area contributed by atoms with Gasteiger partial charge in [-0.2, -0.15) is 18.3 Å². The Morgan fingerprint density at radius 2 is 1.76 bits per heavy atom. The Hall–Kier alpha value is -3.17. The highest BCUT2D eigenvalue weighted by Gasteiger charge is 2.33. The van der Waals surface area contributed by atoms with Crippen molar-refractivity contribution in [2.24, 2.45) is 0 Å². The maximum atomic E-state index is 13.1. The van der Waals surface area contributed by atoms with E-state index in [1.165, 1.54) is 17.0 Å². The van der Waals surface area contributed by atoms with Crippen LogP contribution in [-0.2, 0) is 20.6 Å². The summed E-state index contributed by atoms with van der Waals surface area (Å²) in [7, 11) is 0. The second-order valence-electron chi connectivity index (χ2n) is 8.41. The van der Waals surface area contributed by atoms with Crippen molar-refractivity contribution < 1.29 is 27.6 Å². The van der Waals surface area contributed by atoms with Crippen molar-refractivity contribution >= 4 is 17.7 Å². The van der Waals surface area contributed by atoms with Gasteiger partial charge in [-0.25, -0.2) is 0 Å². The molecule has 2 aliphatic heterocycles. The van der Waals surface area contributed by atoms with Gasteiger partial charge < -0.3 is 4.90 Å². The molecule has 2 fully saturated rings. The Kier molecular flexibility index (Phi) is 6.53. The predicted octanol–water partition coefficient (Wildman–Crippen LogP) is 4.08. The van der Waals surface area contributed by atoms with Crippen molar-refractivity contribution in [2.75, 3.05) is 13.1 Å². The standard InChI is InChI=1S/C23H25F3N4O3/c24-23(25,26)16-9-7-15(8-10-16)17-14-27-28-22(17)18-4-1-2-12-29(18)21(33)11-13-30-19(31)5-3-6-20(30)32/h7-10,14,18H,1-6,11-13H2,(H,27,28)/t18-/m1/s1. The summed E-state index contributed by atoms with van der Waals surface area (Å²) in [6.07, 6.45) is 0.760. The Balaban J connectivity index is 1.51. The molecule has 2 aromatic rings. The van der Waals surface area contributed by atoms with Crippen molar-refractivity contribution in [1.82, 2.24) is 20.0 Å². The van der Waals surface area contributed by atoms with Crippen LogP contribution in [0.2, 0.25) is 0 Å². The molecule has 0 unspecified atom stereocenters. The van der Waals surface area contributed by atoms with Gasteiger partial charge in [0.05, 0.1) is 23.5 Å². The van der Waals surface area contributed by atoms with E-state index in [0.29, 0.717) is 49.0 Å². The van der Waals surface area contributed by atoms with E-state index >= 15 is 0 Å². The van der Waals surface area contributed by atoms with E-state index in [-0.39, 0.29) is 36.7 Å². The fourth-order valence-electron chi connectivity index (χ4n) is 4.55. The maximum Gasteiger partial charge on any atom is 0.416 e. The number of imide groups is 1.